The summed E-state index contributed by atoms with van der Waals surface area (Å²) in [5.74, 6) is -1.55. The third kappa shape index (κ3) is 3.14. The van der Waals surface area contributed by atoms with Crippen LogP contribution in [0.5, 0.6) is 0 Å². The first-order chi connectivity index (χ1) is 13.8. The van der Waals surface area contributed by atoms with Crippen molar-refractivity contribution in [1.82, 2.24) is 0 Å². The van der Waals surface area contributed by atoms with Gasteiger partial charge in [-0.15, -0.1) is 0 Å². The van der Waals surface area contributed by atoms with Crippen LogP contribution in [-0.2, 0) is 26.5 Å². The molecule has 0 aromatic heterocycles. The zero-order valence-corrected chi connectivity index (χ0v) is 17.9. The second-order valence-electron chi connectivity index (χ2n) is 9.43. The van der Waals surface area contributed by atoms with Crippen LogP contribution in [0.4, 0.5) is 5.69 Å². The fraction of sp³-hybridized carbons (Fsp3) is 0.435. The molecule has 0 bridgehead atoms. The average molecular weight is 411 g/mol. The molecule has 2 aromatic rings. The van der Waals surface area contributed by atoms with Crippen LogP contribution in [0.15, 0.2) is 42.5 Å². The van der Waals surface area contributed by atoms with Gasteiger partial charge in [-0.1, -0.05) is 30.3 Å². The van der Waals surface area contributed by atoms with E-state index in [4.69, 9.17) is 32.4 Å². The van der Waals surface area contributed by atoms with Gasteiger partial charge in [0.05, 0.1) is 0 Å². The topological polar surface area (TPSA) is 143 Å². The minimum absolute atomic E-state index is 0.0410. The highest BCUT2D eigenvalue weighted by atomic mass is 16.7. The Morgan fingerprint density at radius 2 is 1.57 bits per heavy atom. The SMILES string of the molecule is CC1(C)OC(C)(C)C2(OC2Cc2cc(-c3ccc(N)cc3)ccc2C(N)(N)N)C1=O. The van der Waals surface area contributed by atoms with E-state index in [2.05, 4.69) is 0 Å². The van der Waals surface area contributed by atoms with Crippen molar-refractivity contribution in [3.05, 3.63) is 53.6 Å². The Balaban J connectivity index is 1.71. The number of carbonyl (C=O) groups is 1. The largest absolute Gasteiger partial charge is 0.399 e. The molecule has 2 aliphatic heterocycles. The predicted octanol–water partition coefficient (Wildman–Crippen LogP) is 1.76. The smallest absolute Gasteiger partial charge is 0.201 e. The number of Topliss-reactive ketones (excluding diaryl/α,β-unsaturated/α-hetero) is 1. The Morgan fingerprint density at radius 3 is 2.10 bits per heavy atom. The molecule has 2 unspecified atom stereocenters. The molecule has 7 nitrogen and oxygen atoms in total. The molecule has 7 heteroatoms. The predicted molar refractivity (Wildman–Crippen MR) is 116 cm³/mol. The lowest BCUT2D eigenvalue weighted by Crippen LogP contribution is -2.55. The lowest BCUT2D eigenvalue weighted by molar-refractivity contribution is -0.132. The van der Waals surface area contributed by atoms with Crippen molar-refractivity contribution in [3.8, 4) is 11.1 Å². The van der Waals surface area contributed by atoms with Crippen molar-refractivity contribution in [2.24, 2.45) is 17.2 Å². The zero-order chi connectivity index (χ0) is 22.1. The van der Waals surface area contributed by atoms with E-state index in [-0.39, 0.29) is 11.9 Å². The maximum Gasteiger partial charge on any atom is 0.201 e. The van der Waals surface area contributed by atoms with Gasteiger partial charge in [0.2, 0.25) is 5.78 Å². The van der Waals surface area contributed by atoms with Crippen molar-refractivity contribution in [2.45, 2.75) is 62.8 Å². The number of nitrogens with two attached hydrogens (primary N) is 4. The van der Waals surface area contributed by atoms with Gasteiger partial charge in [-0.25, -0.2) is 0 Å². The van der Waals surface area contributed by atoms with Crippen LogP contribution in [0.1, 0.15) is 38.8 Å². The van der Waals surface area contributed by atoms with Gasteiger partial charge in [0.15, 0.2) is 5.60 Å². The highest BCUT2D eigenvalue weighted by Gasteiger charge is 2.78. The van der Waals surface area contributed by atoms with Gasteiger partial charge in [0.25, 0.3) is 0 Å². The summed E-state index contributed by atoms with van der Waals surface area (Å²) in [7, 11) is 0. The van der Waals surface area contributed by atoms with Gasteiger partial charge < -0.3 is 15.2 Å². The maximum atomic E-state index is 13.1. The molecule has 0 radical (unpaired) electrons. The number of epoxide rings is 1. The number of carbonyl (C=O) groups excluding carboxylic acids is 1. The Kier molecular flexibility index (Phi) is 4.44. The van der Waals surface area contributed by atoms with E-state index in [0.29, 0.717) is 17.7 Å². The molecule has 2 fully saturated rings. The molecule has 30 heavy (non-hydrogen) atoms. The summed E-state index contributed by atoms with van der Waals surface area (Å²) in [4.78, 5) is 13.1. The summed E-state index contributed by atoms with van der Waals surface area (Å²) in [6, 6.07) is 13.3. The van der Waals surface area contributed by atoms with E-state index in [1.54, 1.807) is 13.8 Å². The number of benzene rings is 2. The normalized spacial score (nSPS) is 26.9. The molecule has 2 atom stereocenters. The second kappa shape index (κ2) is 6.35. The highest BCUT2D eigenvalue weighted by Crippen LogP contribution is 2.57. The van der Waals surface area contributed by atoms with Crippen molar-refractivity contribution in [2.75, 3.05) is 5.73 Å². The van der Waals surface area contributed by atoms with Crippen LogP contribution in [0.25, 0.3) is 11.1 Å². The Morgan fingerprint density at radius 1 is 0.967 bits per heavy atom. The molecule has 0 amide bonds. The molecule has 2 aliphatic rings. The number of ether oxygens (including phenoxy) is 2. The molecule has 1 spiro atoms. The first-order valence-corrected chi connectivity index (χ1v) is 10.1. The van der Waals surface area contributed by atoms with Gasteiger partial charge in [0, 0.05) is 17.7 Å². The second-order valence-corrected chi connectivity index (χ2v) is 9.43. The van der Waals surface area contributed by atoms with E-state index >= 15 is 0 Å². The summed E-state index contributed by atoms with van der Waals surface area (Å²) >= 11 is 0. The maximum absolute atomic E-state index is 13.1. The lowest BCUT2D eigenvalue weighted by atomic mass is 9.80. The molecular formula is C23H30N4O3. The third-order valence-electron chi connectivity index (χ3n) is 6.23. The molecule has 160 valence electrons. The molecule has 4 rings (SSSR count). The molecule has 0 aliphatic carbocycles. The lowest BCUT2D eigenvalue weighted by Gasteiger charge is -2.25. The van der Waals surface area contributed by atoms with Crippen molar-refractivity contribution in [1.29, 1.82) is 0 Å². The van der Waals surface area contributed by atoms with Crippen LogP contribution in [0, 0.1) is 0 Å². The van der Waals surface area contributed by atoms with E-state index in [1.165, 1.54) is 0 Å². The van der Waals surface area contributed by atoms with Crippen LogP contribution < -0.4 is 22.9 Å². The molecule has 2 aromatic carbocycles. The Labute approximate surface area is 176 Å². The molecular weight excluding hydrogens is 380 g/mol. The standard InChI is InChI=1S/C23H30N4O3/c1-20(2)19(28)22(21(3,4)30-20)18(29-22)12-15-11-14(7-10-17(15)23(25,26)27)13-5-8-16(24)9-6-13/h5-11,18H,12,24-27H2,1-4H3. The minimum atomic E-state index is -1.51. The van der Waals surface area contributed by atoms with Crippen LogP contribution >= 0.6 is 0 Å². The number of ketones is 1. The zero-order valence-electron chi connectivity index (χ0n) is 17.9. The van der Waals surface area contributed by atoms with E-state index in [1.807, 2.05) is 56.3 Å². The Hall–Kier alpha value is -2.29. The van der Waals surface area contributed by atoms with Crippen LogP contribution in [-0.4, -0.2) is 28.7 Å². The number of rotatable bonds is 4. The number of nitrogen functional groups attached to an aromatic ring is 1. The molecule has 0 saturated carbocycles. The first kappa shape index (κ1) is 21.0. The van der Waals surface area contributed by atoms with Gasteiger partial charge in [-0.05, 0) is 56.5 Å². The van der Waals surface area contributed by atoms with Gasteiger partial charge in [-0.2, -0.15) is 0 Å². The monoisotopic (exact) mass is 410 g/mol. The molecule has 2 saturated heterocycles. The fourth-order valence-electron chi connectivity index (χ4n) is 4.83. The summed E-state index contributed by atoms with van der Waals surface area (Å²) in [6.45, 7) is 7.35. The highest BCUT2D eigenvalue weighted by molar-refractivity contribution is 6.00. The fourth-order valence-corrected chi connectivity index (χ4v) is 4.83. The number of hydrogen-bond donors (Lipinski definition) is 4. The third-order valence-corrected chi connectivity index (χ3v) is 6.23. The van der Waals surface area contributed by atoms with E-state index in [0.717, 1.165) is 16.7 Å². The van der Waals surface area contributed by atoms with Crippen molar-refractivity contribution in [3.63, 3.8) is 0 Å². The molecule has 2 heterocycles. The van der Waals surface area contributed by atoms with Crippen LogP contribution in [0.2, 0.25) is 0 Å². The van der Waals surface area contributed by atoms with Crippen LogP contribution in [0.3, 0.4) is 0 Å². The summed E-state index contributed by atoms with van der Waals surface area (Å²) in [6.07, 6.45) is 0.102. The van der Waals surface area contributed by atoms with Gasteiger partial charge in [0.1, 0.15) is 23.1 Å². The van der Waals surface area contributed by atoms with Crippen molar-refractivity contribution >= 4 is 11.5 Å². The number of anilines is 1. The summed E-state index contributed by atoms with van der Waals surface area (Å²) in [5.41, 5.74) is 25.4. The quantitative estimate of drug-likeness (QED) is 0.342. The van der Waals surface area contributed by atoms with Gasteiger partial charge >= 0.3 is 0 Å². The Bertz CT molecular complexity index is 1010. The van der Waals surface area contributed by atoms with Gasteiger partial charge in [-0.3, -0.25) is 22.0 Å². The van der Waals surface area contributed by atoms with E-state index < -0.39 is 22.6 Å². The molecule has 8 N–H and O–H groups in total. The average Bonchev–Trinajstić information content (AvgIpc) is 3.32. The van der Waals surface area contributed by atoms with E-state index in [9.17, 15) is 4.79 Å². The van der Waals surface area contributed by atoms with Crippen molar-refractivity contribution < 1.29 is 14.3 Å². The number of hydrogen-bond acceptors (Lipinski definition) is 7. The summed E-state index contributed by atoms with van der Waals surface area (Å²) in [5, 5.41) is 0. The first-order valence-electron chi connectivity index (χ1n) is 10.1. The summed E-state index contributed by atoms with van der Waals surface area (Å²) < 4.78 is 12.1. The minimum Gasteiger partial charge on any atom is -0.399 e.